The molecule has 0 spiro atoms. The molecule has 0 amide bonds. The van der Waals surface area contributed by atoms with Crippen molar-refractivity contribution in [1.29, 1.82) is 0 Å². The van der Waals surface area contributed by atoms with Crippen LogP contribution < -0.4 is 4.90 Å². The first-order chi connectivity index (χ1) is 12.8. The van der Waals surface area contributed by atoms with E-state index in [1.54, 1.807) is 0 Å². The fourth-order valence-corrected chi connectivity index (χ4v) is 3.29. The van der Waals surface area contributed by atoms with Gasteiger partial charge in [0.25, 0.3) is 0 Å². The third-order valence-corrected chi connectivity index (χ3v) is 4.85. The van der Waals surface area contributed by atoms with Gasteiger partial charge in [-0.3, -0.25) is 0 Å². The quantitative estimate of drug-likeness (QED) is 0.487. The number of nitrogens with zero attached hydrogens (tertiary/aromatic N) is 3. The van der Waals surface area contributed by atoms with Gasteiger partial charge in [0.05, 0.1) is 11.4 Å². The van der Waals surface area contributed by atoms with Crippen LogP contribution in [0.2, 0.25) is 0 Å². The number of azo groups is 1. The Bertz CT molecular complexity index is 872. The average Bonchev–Trinajstić information content (AvgIpc) is 3.23. The second-order valence-corrected chi connectivity index (χ2v) is 6.82. The van der Waals surface area contributed by atoms with Gasteiger partial charge in [0.1, 0.15) is 0 Å². The van der Waals surface area contributed by atoms with Crippen molar-refractivity contribution in [1.82, 2.24) is 0 Å². The Morgan fingerprint density at radius 1 is 0.615 bits per heavy atom. The Hall–Kier alpha value is -2.94. The fraction of sp³-hybridized carbons (Fsp3) is 0.217. The topological polar surface area (TPSA) is 28.0 Å². The van der Waals surface area contributed by atoms with E-state index in [1.807, 2.05) is 36.4 Å². The van der Waals surface area contributed by atoms with Gasteiger partial charge in [0.2, 0.25) is 0 Å². The first-order valence-electron chi connectivity index (χ1n) is 9.22. The van der Waals surface area contributed by atoms with Crippen molar-refractivity contribution in [2.24, 2.45) is 10.2 Å². The summed E-state index contributed by atoms with van der Waals surface area (Å²) in [7, 11) is 0. The normalized spacial score (nSPS) is 14.3. The van der Waals surface area contributed by atoms with E-state index in [4.69, 9.17) is 0 Å². The monoisotopic (exact) mass is 341 g/mol. The molecule has 3 heteroatoms. The molecule has 26 heavy (non-hydrogen) atoms. The smallest absolute Gasteiger partial charge is 0.0857 e. The Morgan fingerprint density at radius 2 is 1.08 bits per heavy atom. The van der Waals surface area contributed by atoms with Gasteiger partial charge in [0.15, 0.2) is 0 Å². The summed E-state index contributed by atoms with van der Waals surface area (Å²) in [6, 6.07) is 25.2. The van der Waals surface area contributed by atoms with Gasteiger partial charge in [-0.15, -0.1) is 0 Å². The molecule has 3 nitrogen and oxygen atoms in total. The molecule has 0 aromatic heterocycles. The molecular weight excluding hydrogens is 318 g/mol. The number of benzene rings is 3. The Morgan fingerprint density at radius 3 is 1.62 bits per heavy atom. The number of hydrogen-bond acceptors (Lipinski definition) is 3. The first-order valence-corrected chi connectivity index (χ1v) is 9.22. The number of aryl methyl sites for hydroxylation is 1. The van der Waals surface area contributed by atoms with Gasteiger partial charge in [0, 0.05) is 18.8 Å². The van der Waals surface area contributed by atoms with Gasteiger partial charge < -0.3 is 4.90 Å². The first kappa shape index (κ1) is 16.5. The predicted octanol–water partition coefficient (Wildman–Crippen LogP) is 6.68. The largest absolute Gasteiger partial charge is 0.372 e. The summed E-state index contributed by atoms with van der Waals surface area (Å²) in [6.07, 6.45) is 2.61. The Labute approximate surface area is 155 Å². The number of anilines is 1. The Kier molecular flexibility index (Phi) is 4.78. The average molecular weight is 341 g/mol. The summed E-state index contributed by atoms with van der Waals surface area (Å²) >= 11 is 0. The van der Waals surface area contributed by atoms with Gasteiger partial charge in [-0.2, -0.15) is 10.2 Å². The number of hydrogen-bond donors (Lipinski definition) is 0. The van der Waals surface area contributed by atoms with Crippen LogP contribution in [-0.4, -0.2) is 13.1 Å². The minimum Gasteiger partial charge on any atom is -0.372 e. The van der Waals surface area contributed by atoms with Crippen molar-refractivity contribution in [2.45, 2.75) is 19.8 Å². The minimum absolute atomic E-state index is 0.864. The SMILES string of the molecule is Cc1ccc(N=Nc2ccc(-c3ccc(N4CCCC4)cc3)cc2)cc1. The van der Waals surface area contributed by atoms with E-state index in [2.05, 4.69) is 58.5 Å². The van der Waals surface area contributed by atoms with Crippen LogP contribution in [0.15, 0.2) is 83.0 Å². The molecule has 1 saturated heterocycles. The molecule has 0 radical (unpaired) electrons. The van der Waals surface area contributed by atoms with Gasteiger partial charge >= 0.3 is 0 Å². The lowest BCUT2D eigenvalue weighted by Crippen LogP contribution is -2.17. The van der Waals surface area contributed by atoms with E-state index in [0.717, 1.165) is 11.4 Å². The fourth-order valence-electron chi connectivity index (χ4n) is 3.29. The maximum atomic E-state index is 4.33. The minimum atomic E-state index is 0.864. The van der Waals surface area contributed by atoms with Crippen LogP contribution >= 0.6 is 0 Å². The molecule has 1 aliphatic heterocycles. The van der Waals surface area contributed by atoms with E-state index in [9.17, 15) is 0 Å². The molecule has 0 unspecified atom stereocenters. The highest BCUT2D eigenvalue weighted by Gasteiger charge is 2.11. The van der Waals surface area contributed by atoms with E-state index < -0.39 is 0 Å². The molecule has 0 bridgehead atoms. The molecule has 1 heterocycles. The van der Waals surface area contributed by atoms with Crippen LogP contribution in [0.5, 0.6) is 0 Å². The highest BCUT2D eigenvalue weighted by atomic mass is 15.1. The summed E-state index contributed by atoms with van der Waals surface area (Å²) in [6.45, 7) is 4.43. The van der Waals surface area contributed by atoms with Crippen molar-refractivity contribution in [2.75, 3.05) is 18.0 Å². The predicted molar refractivity (Wildman–Crippen MR) is 109 cm³/mol. The lowest BCUT2D eigenvalue weighted by Gasteiger charge is -2.17. The van der Waals surface area contributed by atoms with Crippen LogP contribution in [0.3, 0.4) is 0 Å². The second-order valence-electron chi connectivity index (χ2n) is 6.82. The third-order valence-electron chi connectivity index (χ3n) is 4.85. The standard InChI is InChI=1S/C23H23N3/c1-18-4-10-21(11-5-18)24-25-22-12-6-19(7-13-22)20-8-14-23(15-9-20)26-16-2-3-17-26/h4-15H,2-3,16-17H2,1H3. The van der Waals surface area contributed by atoms with Crippen LogP contribution in [0.25, 0.3) is 11.1 Å². The lowest BCUT2D eigenvalue weighted by atomic mass is 10.0. The third kappa shape index (κ3) is 3.83. The maximum absolute atomic E-state index is 4.33. The summed E-state index contributed by atoms with van der Waals surface area (Å²) in [5.41, 5.74) is 6.72. The Balaban J connectivity index is 1.46. The van der Waals surface area contributed by atoms with Crippen LogP contribution in [0.4, 0.5) is 17.1 Å². The molecule has 1 fully saturated rings. The maximum Gasteiger partial charge on any atom is 0.0857 e. The molecular formula is C23H23N3. The molecule has 0 atom stereocenters. The van der Waals surface area contributed by atoms with Crippen molar-refractivity contribution in [3.8, 4) is 11.1 Å². The number of rotatable bonds is 4. The zero-order valence-electron chi connectivity index (χ0n) is 15.1. The van der Waals surface area contributed by atoms with E-state index in [-0.39, 0.29) is 0 Å². The molecule has 3 aromatic rings. The highest BCUT2D eigenvalue weighted by Crippen LogP contribution is 2.27. The van der Waals surface area contributed by atoms with E-state index >= 15 is 0 Å². The second kappa shape index (κ2) is 7.52. The molecule has 4 rings (SSSR count). The van der Waals surface area contributed by atoms with E-state index in [0.29, 0.717) is 0 Å². The van der Waals surface area contributed by atoms with Crippen molar-refractivity contribution < 1.29 is 0 Å². The van der Waals surface area contributed by atoms with Crippen molar-refractivity contribution >= 4 is 17.1 Å². The summed E-state index contributed by atoms with van der Waals surface area (Å²) in [5.74, 6) is 0. The molecule has 0 saturated carbocycles. The summed E-state index contributed by atoms with van der Waals surface area (Å²) in [4.78, 5) is 2.46. The highest BCUT2D eigenvalue weighted by molar-refractivity contribution is 5.68. The van der Waals surface area contributed by atoms with Crippen molar-refractivity contribution in [3.05, 3.63) is 78.4 Å². The van der Waals surface area contributed by atoms with E-state index in [1.165, 1.54) is 48.3 Å². The summed E-state index contributed by atoms with van der Waals surface area (Å²) in [5, 5.41) is 8.62. The molecule has 130 valence electrons. The molecule has 3 aromatic carbocycles. The van der Waals surface area contributed by atoms with Gasteiger partial charge in [-0.25, -0.2) is 0 Å². The van der Waals surface area contributed by atoms with Crippen LogP contribution in [0.1, 0.15) is 18.4 Å². The van der Waals surface area contributed by atoms with Crippen LogP contribution in [0, 0.1) is 6.92 Å². The zero-order valence-corrected chi connectivity index (χ0v) is 15.1. The molecule has 1 aliphatic rings. The summed E-state index contributed by atoms with van der Waals surface area (Å²) < 4.78 is 0. The van der Waals surface area contributed by atoms with Gasteiger partial charge in [-0.05, 0) is 67.3 Å². The zero-order chi connectivity index (χ0) is 17.8. The van der Waals surface area contributed by atoms with Gasteiger partial charge in [-0.1, -0.05) is 42.0 Å². The van der Waals surface area contributed by atoms with Crippen molar-refractivity contribution in [3.63, 3.8) is 0 Å². The molecule has 0 aliphatic carbocycles. The van der Waals surface area contributed by atoms with Crippen LogP contribution in [-0.2, 0) is 0 Å². The molecule has 0 N–H and O–H groups in total. The lowest BCUT2D eigenvalue weighted by molar-refractivity contribution is 0.949.